The van der Waals surface area contributed by atoms with Crippen LogP contribution in [0.2, 0.25) is 0 Å². The first-order valence-electron chi connectivity index (χ1n) is 6.86. The van der Waals surface area contributed by atoms with Gasteiger partial charge in [-0.15, -0.1) is 0 Å². The fourth-order valence-corrected chi connectivity index (χ4v) is 1.32. The van der Waals surface area contributed by atoms with Crippen molar-refractivity contribution in [1.82, 2.24) is 0 Å². The van der Waals surface area contributed by atoms with Crippen molar-refractivity contribution in [2.45, 2.75) is 41.5 Å². The molecule has 1 aromatic rings. The summed E-state index contributed by atoms with van der Waals surface area (Å²) in [6.07, 6.45) is 0. The van der Waals surface area contributed by atoms with Crippen molar-refractivity contribution in [2.24, 2.45) is 5.92 Å². The quantitative estimate of drug-likeness (QED) is 0.749. The minimum absolute atomic E-state index is 0.0110. The number of ether oxygens (including phenoxy) is 2. The lowest BCUT2D eigenvalue weighted by atomic mass is 10.0. The Kier molecular flexibility index (Phi) is 12.1. The van der Waals surface area contributed by atoms with Gasteiger partial charge in [0.05, 0.1) is 14.2 Å². The lowest BCUT2D eigenvalue weighted by Gasteiger charge is -2.10. The highest BCUT2D eigenvalue weighted by atomic mass is 16.5. The molecule has 0 radical (unpaired) electrons. The standard InChI is InChI=1S/C12H16O3.2C2H6/c1-8(2)12(13)9-5-6-10(14-3)11(7-9)15-4;2*1-2/h5-8H,1-4H3;2*1-2H3. The van der Waals surface area contributed by atoms with Crippen LogP contribution in [-0.2, 0) is 0 Å². The summed E-state index contributed by atoms with van der Waals surface area (Å²) in [5, 5.41) is 0. The summed E-state index contributed by atoms with van der Waals surface area (Å²) in [6, 6.07) is 5.21. The van der Waals surface area contributed by atoms with E-state index in [4.69, 9.17) is 9.47 Å². The van der Waals surface area contributed by atoms with E-state index < -0.39 is 0 Å². The van der Waals surface area contributed by atoms with Crippen molar-refractivity contribution >= 4 is 5.78 Å². The minimum atomic E-state index is -0.0110. The molecule has 0 aromatic heterocycles. The van der Waals surface area contributed by atoms with Crippen molar-refractivity contribution < 1.29 is 14.3 Å². The SMILES string of the molecule is CC.CC.COc1ccc(C(=O)C(C)C)cc1OC. The predicted octanol–water partition coefficient (Wildman–Crippen LogP) is 4.59. The Morgan fingerprint density at radius 1 is 0.947 bits per heavy atom. The van der Waals surface area contributed by atoms with E-state index in [9.17, 15) is 4.79 Å². The van der Waals surface area contributed by atoms with E-state index in [1.807, 2.05) is 41.5 Å². The van der Waals surface area contributed by atoms with E-state index >= 15 is 0 Å². The molecular weight excluding hydrogens is 240 g/mol. The second kappa shape index (κ2) is 11.6. The highest BCUT2D eigenvalue weighted by Gasteiger charge is 2.13. The number of benzene rings is 1. The molecule has 0 fully saturated rings. The van der Waals surface area contributed by atoms with Crippen LogP contribution in [0.4, 0.5) is 0 Å². The fraction of sp³-hybridized carbons (Fsp3) is 0.562. The monoisotopic (exact) mass is 268 g/mol. The van der Waals surface area contributed by atoms with E-state index in [-0.39, 0.29) is 11.7 Å². The van der Waals surface area contributed by atoms with Crippen molar-refractivity contribution in [3.05, 3.63) is 23.8 Å². The van der Waals surface area contributed by atoms with Gasteiger partial charge in [-0.1, -0.05) is 41.5 Å². The Morgan fingerprint density at radius 2 is 1.42 bits per heavy atom. The first-order chi connectivity index (χ1) is 9.10. The molecule has 1 aromatic carbocycles. The van der Waals surface area contributed by atoms with Gasteiger partial charge < -0.3 is 9.47 Å². The van der Waals surface area contributed by atoms with Crippen LogP contribution in [0.1, 0.15) is 51.9 Å². The lowest BCUT2D eigenvalue weighted by molar-refractivity contribution is 0.0939. The van der Waals surface area contributed by atoms with Crippen LogP contribution in [0.25, 0.3) is 0 Å². The molecule has 0 heterocycles. The van der Waals surface area contributed by atoms with Crippen molar-refractivity contribution in [1.29, 1.82) is 0 Å². The van der Waals surface area contributed by atoms with Crippen molar-refractivity contribution in [3.63, 3.8) is 0 Å². The van der Waals surface area contributed by atoms with Gasteiger partial charge in [0.2, 0.25) is 0 Å². The Morgan fingerprint density at radius 3 is 1.79 bits per heavy atom. The normalized spacial score (nSPS) is 8.68. The second-order valence-electron chi connectivity index (χ2n) is 3.59. The Bertz CT molecular complexity index is 357. The van der Waals surface area contributed by atoms with E-state index in [1.54, 1.807) is 32.4 Å². The highest BCUT2D eigenvalue weighted by Crippen LogP contribution is 2.28. The molecule has 0 spiro atoms. The van der Waals surface area contributed by atoms with Crippen LogP contribution >= 0.6 is 0 Å². The maximum absolute atomic E-state index is 11.7. The molecule has 3 nitrogen and oxygen atoms in total. The van der Waals surface area contributed by atoms with Gasteiger partial charge in [0.25, 0.3) is 0 Å². The summed E-state index contributed by atoms with van der Waals surface area (Å²) >= 11 is 0. The van der Waals surface area contributed by atoms with Crippen molar-refractivity contribution in [3.8, 4) is 11.5 Å². The first-order valence-corrected chi connectivity index (χ1v) is 6.86. The molecular formula is C16H28O3. The fourth-order valence-electron chi connectivity index (χ4n) is 1.32. The zero-order valence-corrected chi connectivity index (χ0v) is 13.5. The molecule has 1 rings (SSSR count). The molecule has 110 valence electrons. The second-order valence-corrected chi connectivity index (χ2v) is 3.59. The van der Waals surface area contributed by atoms with Crippen LogP contribution in [0.3, 0.4) is 0 Å². The summed E-state index contributed by atoms with van der Waals surface area (Å²) in [7, 11) is 3.13. The maximum Gasteiger partial charge on any atom is 0.165 e. The van der Waals surface area contributed by atoms with E-state index in [1.165, 1.54) is 0 Å². The molecule has 0 aliphatic rings. The van der Waals surface area contributed by atoms with Crippen LogP contribution in [0.5, 0.6) is 11.5 Å². The molecule has 0 bridgehead atoms. The van der Waals surface area contributed by atoms with Gasteiger partial charge in [0.1, 0.15) is 0 Å². The number of Topliss-reactive ketones (excluding diaryl/α,β-unsaturated/α-hetero) is 1. The van der Waals surface area contributed by atoms with E-state index in [2.05, 4.69) is 0 Å². The maximum atomic E-state index is 11.7. The third kappa shape index (κ3) is 6.27. The molecule has 19 heavy (non-hydrogen) atoms. The number of hydrogen-bond donors (Lipinski definition) is 0. The summed E-state index contributed by atoms with van der Waals surface area (Å²) in [6.45, 7) is 11.7. The number of rotatable bonds is 4. The van der Waals surface area contributed by atoms with Crippen LogP contribution in [-0.4, -0.2) is 20.0 Å². The van der Waals surface area contributed by atoms with E-state index in [0.29, 0.717) is 17.1 Å². The largest absolute Gasteiger partial charge is 0.493 e. The number of hydrogen-bond acceptors (Lipinski definition) is 3. The molecule has 0 amide bonds. The molecule has 0 unspecified atom stereocenters. The van der Waals surface area contributed by atoms with Gasteiger partial charge in [0.15, 0.2) is 17.3 Å². The smallest absolute Gasteiger partial charge is 0.165 e. The van der Waals surface area contributed by atoms with E-state index in [0.717, 1.165) is 0 Å². The lowest BCUT2D eigenvalue weighted by Crippen LogP contribution is -2.07. The van der Waals surface area contributed by atoms with Crippen LogP contribution < -0.4 is 9.47 Å². The summed E-state index contributed by atoms with van der Waals surface area (Å²) in [5.41, 5.74) is 0.655. The summed E-state index contributed by atoms with van der Waals surface area (Å²) in [5.74, 6) is 1.32. The average molecular weight is 268 g/mol. The van der Waals surface area contributed by atoms with Crippen molar-refractivity contribution in [2.75, 3.05) is 14.2 Å². The zero-order valence-electron chi connectivity index (χ0n) is 13.5. The number of ketones is 1. The van der Waals surface area contributed by atoms with Crippen LogP contribution in [0, 0.1) is 5.92 Å². The van der Waals surface area contributed by atoms with Gasteiger partial charge in [0, 0.05) is 11.5 Å². The zero-order chi connectivity index (χ0) is 15.4. The molecule has 3 heteroatoms. The van der Waals surface area contributed by atoms with Gasteiger partial charge >= 0.3 is 0 Å². The molecule has 0 saturated carbocycles. The summed E-state index contributed by atoms with van der Waals surface area (Å²) < 4.78 is 10.2. The van der Waals surface area contributed by atoms with Gasteiger partial charge in [-0.2, -0.15) is 0 Å². The third-order valence-corrected chi connectivity index (χ3v) is 2.19. The van der Waals surface area contributed by atoms with Gasteiger partial charge in [-0.25, -0.2) is 0 Å². The summed E-state index contributed by atoms with van der Waals surface area (Å²) in [4.78, 5) is 11.7. The average Bonchev–Trinajstić information content (AvgIpc) is 2.49. The Hall–Kier alpha value is -1.51. The molecule has 0 atom stereocenters. The third-order valence-electron chi connectivity index (χ3n) is 2.19. The predicted molar refractivity (Wildman–Crippen MR) is 81.4 cm³/mol. The number of methoxy groups -OCH3 is 2. The topological polar surface area (TPSA) is 35.5 Å². The molecule has 0 N–H and O–H groups in total. The molecule has 0 aliphatic heterocycles. The first kappa shape index (κ1) is 19.8. The molecule has 0 aliphatic carbocycles. The number of carbonyl (C=O) groups excluding carboxylic acids is 1. The highest BCUT2D eigenvalue weighted by molar-refractivity contribution is 5.98. The number of carbonyl (C=O) groups is 1. The van der Waals surface area contributed by atoms with Gasteiger partial charge in [-0.05, 0) is 18.2 Å². The van der Waals surface area contributed by atoms with Crippen LogP contribution in [0.15, 0.2) is 18.2 Å². The molecule has 0 saturated heterocycles. The Labute approximate surface area is 117 Å². The Balaban J connectivity index is 0. The minimum Gasteiger partial charge on any atom is -0.493 e. The van der Waals surface area contributed by atoms with Gasteiger partial charge in [-0.3, -0.25) is 4.79 Å².